The standard InChI is InChI=1S/C25H32FN3O6S/c1-17-24(36(32,33)27-22-5-3-4-18-6-7-19(26)16-21(18)22)9-8-23(25(17)29(30)31)28-12-10-20(11-13-28)35-15-14-34-2/h6-9,16,20,22,27H,3-5,10-15H2,1-2H3/t22-/m0/s1. The van der Waals surface area contributed by atoms with Gasteiger partial charge in [0.15, 0.2) is 0 Å². The van der Waals surface area contributed by atoms with Crippen molar-refractivity contribution in [3.05, 3.63) is 63.0 Å². The Morgan fingerprint density at radius 2 is 1.92 bits per heavy atom. The van der Waals surface area contributed by atoms with Crippen molar-refractivity contribution in [1.82, 2.24) is 4.72 Å². The molecule has 1 aliphatic carbocycles. The highest BCUT2D eigenvalue weighted by Gasteiger charge is 2.33. The molecule has 0 amide bonds. The van der Waals surface area contributed by atoms with Crippen molar-refractivity contribution >= 4 is 21.4 Å². The fourth-order valence-corrected chi connectivity index (χ4v) is 6.64. The number of anilines is 1. The minimum Gasteiger partial charge on any atom is -0.382 e. The van der Waals surface area contributed by atoms with Crippen LogP contribution in [0.3, 0.4) is 0 Å². The number of nitro groups is 1. The summed E-state index contributed by atoms with van der Waals surface area (Å²) in [6, 6.07) is 6.77. The van der Waals surface area contributed by atoms with E-state index >= 15 is 0 Å². The molecule has 1 atom stereocenters. The van der Waals surface area contributed by atoms with Crippen LogP contribution in [-0.4, -0.2) is 52.9 Å². The van der Waals surface area contributed by atoms with E-state index < -0.39 is 26.8 Å². The minimum absolute atomic E-state index is 0.0589. The molecule has 0 saturated carbocycles. The summed E-state index contributed by atoms with van der Waals surface area (Å²) in [6.07, 6.45) is 3.51. The number of aryl methyl sites for hydroxylation is 1. The molecule has 1 fully saturated rings. The second-order valence-corrected chi connectivity index (χ2v) is 11.0. The fourth-order valence-electron chi connectivity index (χ4n) is 5.15. The lowest BCUT2D eigenvalue weighted by Gasteiger charge is -2.33. The molecule has 2 aromatic rings. The van der Waals surface area contributed by atoms with Gasteiger partial charge in [0.05, 0.1) is 29.1 Å². The Kier molecular flexibility index (Phi) is 8.23. The highest BCUT2D eigenvalue weighted by Crippen LogP contribution is 2.38. The van der Waals surface area contributed by atoms with E-state index in [1.165, 1.54) is 31.2 Å². The lowest BCUT2D eigenvalue weighted by molar-refractivity contribution is -0.384. The van der Waals surface area contributed by atoms with Crippen LogP contribution in [0.2, 0.25) is 0 Å². The van der Waals surface area contributed by atoms with Crippen molar-refractivity contribution in [1.29, 1.82) is 0 Å². The van der Waals surface area contributed by atoms with Gasteiger partial charge in [0.1, 0.15) is 11.5 Å². The monoisotopic (exact) mass is 521 g/mol. The van der Waals surface area contributed by atoms with E-state index in [4.69, 9.17) is 9.47 Å². The van der Waals surface area contributed by atoms with Crippen molar-refractivity contribution in [2.45, 2.75) is 56.1 Å². The maximum absolute atomic E-state index is 13.9. The SMILES string of the molecule is COCCOC1CCN(c2ccc(S(=O)(=O)N[C@H]3CCCc4ccc(F)cc43)c(C)c2[N+](=O)[O-])CC1. The van der Waals surface area contributed by atoms with Gasteiger partial charge in [-0.25, -0.2) is 17.5 Å². The van der Waals surface area contributed by atoms with Crippen LogP contribution >= 0.6 is 0 Å². The number of halogens is 1. The molecule has 0 aromatic heterocycles. The number of fused-ring (bicyclic) bond motifs is 1. The van der Waals surface area contributed by atoms with Crippen LogP contribution in [0.1, 0.15) is 48.4 Å². The van der Waals surface area contributed by atoms with Crippen LogP contribution in [0.15, 0.2) is 35.2 Å². The second-order valence-electron chi connectivity index (χ2n) is 9.27. The molecule has 0 unspecified atom stereocenters. The smallest absolute Gasteiger partial charge is 0.296 e. The van der Waals surface area contributed by atoms with E-state index in [0.717, 1.165) is 18.4 Å². The summed E-state index contributed by atoms with van der Waals surface area (Å²) >= 11 is 0. The van der Waals surface area contributed by atoms with Crippen molar-refractivity contribution in [2.75, 3.05) is 38.3 Å². The number of nitrogens with zero attached hydrogens (tertiary/aromatic N) is 2. The van der Waals surface area contributed by atoms with Gasteiger partial charge in [-0.2, -0.15) is 0 Å². The Bertz CT molecular complexity index is 1210. The van der Waals surface area contributed by atoms with Gasteiger partial charge in [-0.1, -0.05) is 6.07 Å². The zero-order chi connectivity index (χ0) is 25.9. The fraction of sp³-hybridized carbons (Fsp3) is 0.520. The number of methoxy groups -OCH3 is 1. The van der Waals surface area contributed by atoms with E-state index in [9.17, 15) is 22.9 Å². The minimum atomic E-state index is -4.10. The van der Waals surface area contributed by atoms with E-state index in [-0.39, 0.29) is 22.3 Å². The zero-order valence-corrected chi connectivity index (χ0v) is 21.4. The van der Waals surface area contributed by atoms with Gasteiger partial charge in [-0.15, -0.1) is 0 Å². The summed E-state index contributed by atoms with van der Waals surface area (Å²) < 4.78 is 54.1. The molecule has 1 N–H and O–H groups in total. The Morgan fingerprint density at radius 1 is 1.17 bits per heavy atom. The Labute approximate surface area is 210 Å². The summed E-state index contributed by atoms with van der Waals surface area (Å²) in [4.78, 5) is 13.3. The molecular formula is C25H32FN3O6S. The number of sulfonamides is 1. The Morgan fingerprint density at radius 3 is 2.61 bits per heavy atom. The first-order chi connectivity index (χ1) is 17.2. The van der Waals surface area contributed by atoms with Crippen molar-refractivity contribution in [2.24, 2.45) is 0 Å². The number of nitrogens with one attached hydrogen (secondary N) is 1. The maximum Gasteiger partial charge on any atom is 0.296 e. The van der Waals surface area contributed by atoms with Crippen molar-refractivity contribution < 1.29 is 27.2 Å². The van der Waals surface area contributed by atoms with Gasteiger partial charge in [0.25, 0.3) is 5.69 Å². The first-order valence-electron chi connectivity index (χ1n) is 12.2. The molecule has 196 valence electrons. The van der Waals surface area contributed by atoms with Gasteiger partial charge >= 0.3 is 0 Å². The molecule has 4 rings (SSSR count). The summed E-state index contributed by atoms with van der Waals surface area (Å²) in [5, 5.41) is 12.1. The molecule has 0 bridgehead atoms. The summed E-state index contributed by atoms with van der Waals surface area (Å²) in [5.41, 5.74) is 1.79. The van der Waals surface area contributed by atoms with E-state index in [2.05, 4.69) is 4.72 Å². The maximum atomic E-state index is 13.9. The van der Waals surface area contributed by atoms with E-state index in [1.54, 1.807) is 13.2 Å². The quantitative estimate of drug-likeness (QED) is 0.301. The molecule has 36 heavy (non-hydrogen) atoms. The molecule has 0 radical (unpaired) electrons. The molecule has 11 heteroatoms. The molecule has 9 nitrogen and oxygen atoms in total. The Balaban J connectivity index is 1.57. The van der Waals surface area contributed by atoms with Crippen LogP contribution in [0.25, 0.3) is 0 Å². The van der Waals surface area contributed by atoms with Crippen LogP contribution in [-0.2, 0) is 25.9 Å². The molecule has 0 spiro atoms. The number of ether oxygens (including phenoxy) is 2. The number of benzene rings is 2. The van der Waals surface area contributed by atoms with Gasteiger partial charge in [0.2, 0.25) is 10.0 Å². The molecule has 2 aliphatic rings. The van der Waals surface area contributed by atoms with Crippen molar-refractivity contribution in [3.8, 4) is 0 Å². The lowest BCUT2D eigenvalue weighted by Crippen LogP contribution is -2.38. The highest BCUT2D eigenvalue weighted by molar-refractivity contribution is 7.89. The van der Waals surface area contributed by atoms with Crippen LogP contribution in [0.4, 0.5) is 15.8 Å². The van der Waals surface area contributed by atoms with Gasteiger partial charge in [-0.05, 0) is 74.4 Å². The normalized spacial score (nSPS) is 18.8. The average molecular weight is 522 g/mol. The molecule has 1 saturated heterocycles. The average Bonchev–Trinajstić information content (AvgIpc) is 2.84. The summed E-state index contributed by atoms with van der Waals surface area (Å²) in [6.45, 7) is 3.60. The van der Waals surface area contributed by atoms with Crippen LogP contribution < -0.4 is 9.62 Å². The summed E-state index contributed by atoms with van der Waals surface area (Å²) in [7, 11) is -2.49. The molecule has 2 aromatic carbocycles. The number of piperidine rings is 1. The largest absolute Gasteiger partial charge is 0.382 e. The van der Waals surface area contributed by atoms with Crippen LogP contribution in [0, 0.1) is 22.9 Å². The van der Waals surface area contributed by atoms with Gasteiger partial charge in [0, 0.05) is 31.8 Å². The number of hydrogen-bond acceptors (Lipinski definition) is 7. The molecule has 1 aliphatic heterocycles. The second kappa shape index (κ2) is 11.2. The predicted octanol–water partition coefficient (Wildman–Crippen LogP) is 4.03. The topological polar surface area (TPSA) is 111 Å². The van der Waals surface area contributed by atoms with E-state index in [0.29, 0.717) is 56.8 Å². The number of nitro benzene ring substituents is 1. The Hall–Kier alpha value is -2.60. The number of hydrogen-bond donors (Lipinski definition) is 1. The first kappa shape index (κ1) is 26.5. The van der Waals surface area contributed by atoms with Gasteiger partial charge < -0.3 is 14.4 Å². The highest BCUT2D eigenvalue weighted by atomic mass is 32.2. The van der Waals surface area contributed by atoms with E-state index in [1.807, 2.05) is 4.90 Å². The third-order valence-corrected chi connectivity index (χ3v) is 8.59. The van der Waals surface area contributed by atoms with Crippen LogP contribution in [0.5, 0.6) is 0 Å². The third-order valence-electron chi connectivity index (χ3n) is 6.98. The van der Waals surface area contributed by atoms with Crippen molar-refractivity contribution in [3.63, 3.8) is 0 Å². The summed E-state index contributed by atoms with van der Waals surface area (Å²) in [5.74, 6) is -0.427. The predicted molar refractivity (Wildman–Crippen MR) is 133 cm³/mol. The third kappa shape index (κ3) is 5.69. The molecular weight excluding hydrogens is 489 g/mol. The van der Waals surface area contributed by atoms with Gasteiger partial charge in [-0.3, -0.25) is 10.1 Å². The lowest BCUT2D eigenvalue weighted by atomic mass is 9.88. The zero-order valence-electron chi connectivity index (χ0n) is 20.5. The molecule has 1 heterocycles. The number of rotatable bonds is 9. The first-order valence-corrected chi connectivity index (χ1v) is 13.6.